The number of thiophene rings is 1. The molecule has 0 unspecified atom stereocenters. The van der Waals surface area contributed by atoms with E-state index < -0.39 is 21.9 Å². The number of nitrogens with zero attached hydrogens (tertiary/aromatic N) is 1. The number of hydrogen-bond acceptors (Lipinski definition) is 8. The molecule has 4 rings (SSSR count). The lowest BCUT2D eigenvalue weighted by atomic mass is 10.1. The second kappa shape index (κ2) is 10.9. The third-order valence-corrected chi connectivity index (χ3v) is 9.39. The van der Waals surface area contributed by atoms with Gasteiger partial charge in [0.05, 0.1) is 17.6 Å². The molecule has 0 spiro atoms. The summed E-state index contributed by atoms with van der Waals surface area (Å²) in [6, 6.07) is 11.4. The van der Waals surface area contributed by atoms with E-state index in [0.717, 1.165) is 10.4 Å². The number of sulfonamides is 1. The highest BCUT2D eigenvalue weighted by Gasteiger charge is 2.25. The van der Waals surface area contributed by atoms with Gasteiger partial charge in [0, 0.05) is 30.0 Å². The molecular formula is C26H28N2O7S2. The van der Waals surface area contributed by atoms with Gasteiger partial charge in [0.1, 0.15) is 5.00 Å². The van der Waals surface area contributed by atoms with Crippen molar-refractivity contribution in [2.24, 2.45) is 0 Å². The molecule has 1 aliphatic rings. The van der Waals surface area contributed by atoms with E-state index in [0.29, 0.717) is 41.6 Å². The maximum atomic E-state index is 13.0. The number of esters is 1. The van der Waals surface area contributed by atoms with Gasteiger partial charge < -0.3 is 19.5 Å². The summed E-state index contributed by atoms with van der Waals surface area (Å²) in [5.41, 5.74) is 2.23. The van der Waals surface area contributed by atoms with Gasteiger partial charge in [-0.3, -0.25) is 4.79 Å². The van der Waals surface area contributed by atoms with Gasteiger partial charge in [-0.25, -0.2) is 13.2 Å². The molecule has 1 amide bonds. The lowest BCUT2D eigenvalue weighted by Gasteiger charge is -2.18. The van der Waals surface area contributed by atoms with Gasteiger partial charge in [-0.15, -0.1) is 11.3 Å². The van der Waals surface area contributed by atoms with Crippen LogP contribution < -0.4 is 14.8 Å². The summed E-state index contributed by atoms with van der Waals surface area (Å²) in [6.07, 6.45) is 0.519. The highest BCUT2D eigenvalue weighted by Crippen LogP contribution is 2.38. The Morgan fingerprint density at radius 2 is 1.73 bits per heavy atom. The maximum absolute atomic E-state index is 13.0. The number of rotatable bonds is 9. The molecule has 3 aromatic rings. The molecule has 2 aromatic carbocycles. The molecule has 1 aliphatic heterocycles. The van der Waals surface area contributed by atoms with E-state index in [1.807, 2.05) is 25.1 Å². The van der Waals surface area contributed by atoms with Crippen LogP contribution in [0.1, 0.15) is 50.6 Å². The SMILES string of the molecule is CCN(CC)S(=O)(=O)c1ccc(C(=O)Nc2sc(Cc3ccc4c(c3)OCO4)c(C)c2C(=O)OC)cc1. The van der Waals surface area contributed by atoms with Crippen LogP contribution in [0.2, 0.25) is 0 Å². The quantitative estimate of drug-likeness (QED) is 0.396. The van der Waals surface area contributed by atoms with Crippen molar-refractivity contribution in [1.29, 1.82) is 0 Å². The van der Waals surface area contributed by atoms with Crippen molar-refractivity contribution >= 4 is 38.2 Å². The van der Waals surface area contributed by atoms with Crippen molar-refractivity contribution < 1.29 is 32.2 Å². The fourth-order valence-electron chi connectivity index (χ4n) is 4.07. The van der Waals surface area contributed by atoms with E-state index in [2.05, 4.69) is 5.32 Å². The van der Waals surface area contributed by atoms with Crippen molar-refractivity contribution in [2.45, 2.75) is 32.1 Å². The first-order valence-electron chi connectivity index (χ1n) is 11.7. The Hall–Kier alpha value is -3.41. The van der Waals surface area contributed by atoms with Crippen molar-refractivity contribution in [3.8, 4) is 11.5 Å². The number of amides is 1. The molecule has 1 aromatic heterocycles. The Labute approximate surface area is 220 Å². The highest BCUT2D eigenvalue weighted by molar-refractivity contribution is 7.89. The number of carbonyl (C=O) groups excluding carboxylic acids is 2. The van der Waals surface area contributed by atoms with E-state index in [9.17, 15) is 18.0 Å². The number of nitrogens with one attached hydrogen (secondary N) is 1. The van der Waals surface area contributed by atoms with Gasteiger partial charge in [0.2, 0.25) is 16.8 Å². The molecule has 37 heavy (non-hydrogen) atoms. The van der Waals surface area contributed by atoms with Crippen LogP contribution in [0.3, 0.4) is 0 Å². The minimum Gasteiger partial charge on any atom is -0.465 e. The fraction of sp³-hybridized carbons (Fsp3) is 0.308. The standard InChI is InChI=1S/C26H28N2O7S2/c1-5-28(6-2)37(31,32)19-10-8-18(9-11-19)24(29)27-25-23(26(30)33-4)16(3)22(36-25)14-17-7-12-20-21(13-17)35-15-34-20/h7-13H,5-6,14-15H2,1-4H3,(H,27,29). The molecule has 0 fully saturated rings. The molecule has 196 valence electrons. The van der Waals surface area contributed by atoms with Crippen LogP contribution in [0, 0.1) is 6.92 Å². The summed E-state index contributed by atoms with van der Waals surface area (Å²) in [5, 5.41) is 3.17. The van der Waals surface area contributed by atoms with Crippen LogP contribution in [-0.4, -0.2) is 51.6 Å². The monoisotopic (exact) mass is 544 g/mol. The number of ether oxygens (including phenoxy) is 3. The van der Waals surface area contributed by atoms with Crippen molar-refractivity contribution in [2.75, 3.05) is 32.3 Å². The normalized spacial score (nSPS) is 12.6. The van der Waals surface area contributed by atoms with Crippen LogP contribution in [0.15, 0.2) is 47.4 Å². The van der Waals surface area contributed by atoms with Gasteiger partial charge in [-0.05, 0) is 54.4 Å². The van der Waals surface area contributed by atoms with Crippen molar-refractivity contribution in [1.82, 2.24) is 4.31 Å². The average Bonchev–Trinajstić information content (AvgIpc) is 3.48. The zero-order chi connectivity index (χ0) is 26.7. The number of hydrogen-bond donors (Lipinski definition) is 1. The Balaban J connectivity index is 1.58. The number of benzene rings is 2. The van der Waals surface area contributed by atoms with Crippen LogP contribution in [0.5, 0.6) is 11.5 Å². The first-order chi connectivity index (χ1) is 17.7. The van der Waals surface area contributed by atoms with Gasteiger partial charge >= 0.3 is 5.97 Å². The molecule has 1 N–H and O–H groups in total. The summed E-state index contributed by atoms with van der Waals surface area (Å²) in [6.45, 7) is 6.24. The zero-order valence-electron chi connectivity index (χ0n) is 21.0. The fourth-order valence-corrected chi connectivity index (χ4v) is 6.75. The third-order valence-electron chi connectivity index (χ3n) is 6.12. The van der Waals surface area contributed by atoms with Gasteiger partial charge in [-0.1, -0.05) is 19.9 Å². The van der Waals surface area contributed by atoms with E-state index in [4.69, 9.17) is 14.2 Å². The predicted octanol–water partition coefficient (Wildman–Crippen LogP) is 4.45. The second-order valence-corrected chi connectivity index (χ2v) is 11.3. The Morgan fingerprint density at radius 3 is 2.38 bits per heavy atom. The lowest BCUT2D eigenvalue weighted by Crippen LogP contribution is -2.30. The summed E-state index contributed by atoms with van der Waals surface area (Å²) in [5.74, 6) is 0.333. The van der Waals surface area contributed by atoms with E-state index in [-0.39, 0.29) is 22.8 Å². The molecular weight excluding hydrogens is 516 g/mol. The Morgan fingerprint density at radius 1 is 1.05 bits per heavy atom. The molecule has 0 aliphatic carbocycles. The number of anilines is 1. The summed E-state index contributed by atoms with van der Waals surface area (Å²) in [4.78, 5) is 26.6. The molecule has 0 bridgehead atoms. The maximum Gasteiger partial charge on any atom is 0.341 e. The third kappa shape index (κ3) is 5.34. The molecule has 0 atom stereocenters. The summed E-state index contributed by atoms with van der Waals surface area (Å²) in [7, 11) is -2.34. The topological polar surface area (TPSA) is 111 Å². The first-order valence-corrected chi connectivity index (χ1v) is 14.0. The zero-order valence-corrected chi connectivity index (χ0v) is 22.6. The second-order valence-electron chi connectivity index (χ2n) is 8.28. The van der Waals surface area contributed by atoms with Gasteiger partial charge in [0.15, 0.2) is 11.5 Å². The number of carbonyl (C=O) groups is 2. The summed E-state index contributed by atoms with van der Waals surface area (Å²) < 4.78 is 42.6. The van der Waals surface area contributed by atoms with Crippen molar-refractivity contribution in [3.05, 3.63) is 69.6 Å². The van der Waals surface area contributed by atoms with E-state index in [1.54, 1.807) is 13.8 Å². The Bertz CT molecular complexity index is 1430. The average molecular weight is 545 g/mol. The summed E-state index contributed by atoms with van der Waals surface area (Å²) >= 11 is 1.29. The van der Waals surface area contributed by atoms with Crippen LogP contribution >= 0.6 is 11.3 Å². The predicted molar refractivity (Wildman–Crippen MR) is 140 cm³/mol. The number of fused-ring (bicyclic) bond motifs is 1. The van der Waals surface area contributed by atoms with Crippen molar-refractivity contribution in [3.63, 3.8) is 0 Å². The van der Waals surface area contributed by atoms with E-state index >= 15 is 0 Å². The molecule has 2 heterocycles. The molecule has 9 nitrogen and oxygen atoms in total. The minimum absolute atomic E-state index is 0.112. The largest absolute Gasteiger partial charge is 0.465 e. The molecule has 11 heteroatoms. The molecule has 0 radical (unpaired) electrons. The lowest BCUT2D eigenvalue weighted by molar-refractivity contribution is 0.0601. The molecule has 0 saturated carbocycles. The number of methoxy groups -OCH3 is 1. The highest BCUT2D eigenvalue weighted by atomic mass is 32.2. The van der Waals surface area contributed by atoms with Gasteiger partial charge in [-0.2, -0.15) is 4.31 Å². The molecule has 0 saturated heterocycles. The first kappa shape index (κ1) is 26.6. The Kier molecular flexibility index (Phi) is 7.86. The van der Waals surface area contributed by atoms with Gasteiger partial charge in [0.25, 0.3) is 5.91 Å². The van der Waals surface area contributed by atoms with E-state index in [1.165, 1.54) is 47.0 Å². The van der Waals surface area contributed by atoms with Crippen LogP contribution in [-0.2, 0) is 21.2 Å². The van der Waals surface area contributed by atoms with Crippen LogP contribution in [0.4, 0.5) is 5.00 Å². The minimum atomic E-state index is -3.63. The smallest absolute Gasteiger partial charge is 0.341 e. The van der Waals surface area contributed by atoms with Crippen LogP contribution in [0.25, 0.3) is 0 Å².